The number of pyridine rings is 2. The minimum absolute atomic E-state index is 0.618. The molecular formula is C16H19N7. The fraction of sp³-hybridized carbons (Fsp3) is 0.250. The molecule has 0 fully saturated rings. The van der Waals surface area contributed by atoms with Gasteiger partial charge in [-0.05, 0) is 24.6 Å². The van der Waals surface area contributed by atoms with Crippen LogP contribution in [0.4, 0.5) is 11.5 Å². The lowest BCUT2D eigenvalue weighted by Crippen LogP contribution is -2.05. The molecule has 0 aliphatic carbocycles. The van der Waals surface area contributed by atoms with Crippen LogP contribution in [0.5, 0.6) is 0 Å². The Balaban J connectivity index is 1.91. The Labute approximate surface area is 134 Å². The summed E-state index contributed by atoms with van der Waals surface area (Å²) in [5.41, 5.74) is 4.57. The summed E-state index contributed by atoms with van der Waals surface area (Å²) in [5.74, 6) is 0.739. The van der Waals surface area contributed by atoms with Gasteiger partial charge in [-0.25, -0.2) is 9.97 Å². The third-order valence-electron chi connectivity index (χ3n) is 3.80. The molecule has 0 aliphatic rings. The molecule has 3 rings (SSSR count). The van der Waals surface area contributed by atoms with E-state index in [2.05, 4.69) is 25.7 Å². The van der Waals surface area contributed by atoms with Crippen LogP contribution in [0.1, 0.15) is 16.8 Å². The van der Waals surface area contributed by atoms with Crippen LogP contribution in [-0.4, -0.2) is 33.0 Å². The highest BCUT2D eigenvalue weighted by Gasteiger charge is 2.11. The fourth-order valence-corrected chi connectivity index (χ4v) is 2.66. The Hall–Kier alpha value is -2.96. The van der Waals surface area contributed by atoms with Gasteiger partial charge in [-0.15, -0.1) is 0 Å². The first-order chi connectivity index (χ1) is 11.1. The van der Waals surface area contributed by atoms with Crippen molar-refractivity contribution in [2.45, 2.75) is 13.5 Å². The van der Waals surface area contributed by atoms with Gasteiger partial charge >= 0.3 is 0 Å². The lowest BCUT2D eigenvalue weighted by atomic mass is 10.1. The lowest BCUT2D eigenvalue weighted by molar-refractivity contribution is 0.774. The van der Waals surface area contributed by atoms with Crippen molar-refractivity contribution in [3.63, 3.8) is 0 Å². The average Bonchev–Trinajstić information content (AvgIpc) is 2.87. The summed E-state index contributed by atoms with van der Waals surface area (Å²) in [6, 6.07) is 3.83. The van der Waals surface area contributed by atoms with Gasteiger partial charge in [-0.2, -0.15) is 5.10 Å². The highest BCUT2D eigenvalue weighted by molar-refractivity contribution is 5.87. The van der Waals surface area contributed by atoms with Crippen molar-refractivity contribution in [3.8, 4) is 0 Å². The Morgan fingerprint density at radius 3 is 2.91 bits per heavy atom. The molecule has 118 valence electrons. The fourth-order valence-electron chi connectivity index (χ4n) is 2.66. The Kier molecular flexibility index (Phi) is 3.92. The highest BCUT2D eigenvalue weighted by Crippen LogP contribution is 2.22. The third kappa shape index (κ3) is 2.73. The quantitative estimate of drug-likeness (QED) is 0.629. The lowest BCUT2D eigenvalue weighted by Gasteiger charge is -2.11. The second-order valence-electron chi connectivity index (χ2n) is 5.28. The van der Waals surface area contributed by atoms with Crippen LogP contribution in [0.3, 0.4) is 0 Å². The summed E-state index contributed by atoms with van der Waals surface area (Å²) in [7, 11) is 3.70. The molecule has 7 nitrogen and oxygen atoms in total. The number of aromatic nitrogens is 4. The number of nitrogens with one attached hydrogen (secondary N) is 3. The van der Waals surface area contributed by atoms with Gasteiger partial charge in [0.05, 0.1) is 17.6 Å². The molecule has 0 aromatic carbocycles. The zero-order valence-corrected chi connectivity index (χ0v) is 13.4. The van der Waals surface area contributed by atoms with E-state index in [9.17, 15) is 0 Å². The summed E-state index contributed by atoms with van der Waals surface area (Å²) in [6.45, 7) is 2.60. The predicted octanol–water partition coefficient (Wildman–Crippen LogP) is 2.32. The monoisotopic (exact) mass is 309 g/mol. The van der Waals surface area contributed by atoms with Crippen molar-refractivity contribution in [1.82, 2.24) is 19.7 Å². The first-order valence-electron chi connectivity index (χ1n) is 7.33. The molecule has 3 aromatic rings. The molecule has 0 radical (unpaired) electrons. The van der Waals surface area contributed by atoms with Gasteiger partial charge in [0.25, 0.3) is 0 Å². The van der Waals surface area contributed by atoms with Crippen LogP contribution in [0, 0.1) is 12.3 Å². The Morgan fingerprint density at radius 1 is 1.35 bits per heavy atom. The topological polar surface area (TPSA) is 91.5 Å². The SMILES string of the molecule is CNc1cc(C=N)c(NCc2ccnc3c2c(C)nn3C)cn1. The van der Waals surface area contributed by atoms with Gasteiger partial charge in [-0.3, -0.25) is 4.68 Å². The predicted molar refractivity (Wildman–Crippen MR) is 92.2 cm³/mol. The molecule has 0 saturated carbocycles. The molecule has 0 amide bonds. The maximum absolute atomic E-state index is 7.56. The smallest absolute Gasteiger partial charge is 0.158 e. The van der Waals surface area contributed by atoms with Gasteiger partial charge in [-0.1, -0.05) is 0 Å². The minimum atomic E-state index is 0.618. The number of nitrogens with zero attached hydrogens (tertiary/aromatic N) is 4. The largest absolute Gasteiger partial charge is 0.379 e. The molecule has 0 bridgehead atoms. The Morgan fingerprint density at radius 2 is 2.17 bits per heavy atom. The number of anilines is 2. The average molecular weight is 309 g/mol. The number of hydrogen-bond donors (Lipinski definition) is 3. The highest BCUT2D eigenvalue weighted by atomic mass is 15.3. The maximum atomic E-state index is 7.56. The van der Waals surface area contributed by atoms with Crippen LogP contribution < -0.4 is 10.6 Å². The zero-order chi connectivity index (χ0) is 16.4. The van der Waals surface area contributed by atoms with Crippen LogP contribution in [0.2, 0.25) is 0 Å². The van der Waals surface area contributed by atoms with E-state index >= 15 is 0 Å². The summed E-state index contributed by atoms with van der Waals surface area (Å²) < 4.78 is 1.79. The molecule has 23 heavy (non-hydrogen) atoms. The van der Waals surface area contributed by atoms with E-state index in [0.717, 1.165) is 39.4 Å². The molecular weight excluding hydrogens is 290 g/mol. The molecule has 7 heteroatoms. The second kappa shape index (κ2) is 6.04. The van der Waals surface area contributed by atoms with Crippen LogP contribution in [0.15, 0.2) is 24.5 Å². The molecule has 0 saturated heterocycles. The summed E-state index contributed by atoms with van der Waals surface area (Å²) in [5, 5.41) is 19.4. The number of fused-ring (bicyclic) bond motifs is 1. The van der Waals surface area contributed by atoms with Crippen molar-refractivity contribution in [3.05, 3.63) is 41.3 Å². The minimum Gasteiger partial charge on any atom is -0.379 e. The molecule has 3 aromatic heterocycles. The summed E-state index contributed by atoms with van der Waals surface area (Å²) in [6.07, 6.45) is 4.85. The van der Waals surface area contributed by atoms with E-state index in [4.69, 9.17) is 5.41 Å². The normalized spacial score (nSPS) is 10.7. The van der Waals surface area contributed by atoms with E-state index in [1.54, 1.807) is 17.1 Å². The number of aryl methyl sites for hydroxylation is 2. The van der Waals surface area contributed by atoms with E-state index in [0.29, 0.717) is 6.54 Å². The van der Waals surface area contributed by atoms with E-state index < -0.39 is 0 Å². The standard InChI is InChI=1S/C16H19N7/c1-10-15-11(4-5-19-16(15)23(3)22-10)8-20-13-9-21-14(18-2)6-12(13)7-17/h4-7,9,17,20H,8H2,1-3H3,(H,18,21). The Bertz CT molecular complexity index is 866. The molecule has 0 spiro atoms. The second-order valence-corrected chi connectivity index (χ2v) is 5.28. The van der Waals surface area contributed by atoms with Gasteiger partial charge in [0.2, 0.25) is 0 Å². The molecule has 0 atom stereocenters. The third-order valence-corrected chi connectivity index (χ3v) is 3.80. The molecule has 3 heterocycles. The van der Waals surface area contributed by atoms with Crippen molar-refractivity contribution < 1.29 is 0 Å². The van der Waals surface area contributed by atoms with Crippen LogP contribution >= 0.6 is 0 Å². The molecule has 3 N–H and O–H groups in total. The zero-order valence-electron chi connectivity index (χ0n) is 13.4. The number of rotatable bonds is 5. The van der Waals surface area contributed by atoms with E-state index in [1.165, 1.54) is 6.21 Å². The van der Waals surface area contributed by atoms with Crippen LogP contribution in [-0.2, 0) is 13.6 Å². The van der Waals surface area contributed by atoms with Crippen molar-refractivity contribution in [2.75, 3.05) is 17.7 Å². The number of hydrogen-bond acceptors (Lipinski definition) is 6. The van der Waals surface area contributed by atoms with Gasteiger partial charge in [0.1, 0.15) is 5.82 Å². The van der Waals surface area contributed by atoms with Crippen molar-refractivity contribution in [1.29, 1.82) is 5.41 Å². The maximum Gasteiger partial charge on any atom is 0.158 e. The van der Waals surface area contributed by atoms with Crippen LogP contribution in [0.25, 0.3) is 11.0 Å². The molecule has 0 unspecified atom stereocenters. The van der Waals surface area contributed by atoms with E-state index in [-0.39, 0.29) is 0 Å². The summed E-state index contributed by atoms with van der Waals surface area (Å²) >= 11 is 0. The van der Waals surface area contributed by atoms with Gasteiger partial charge in [0, 0.05) is 44.0 Å². The van der Waals surface area contributed by atoms with E-state index in [1.807, 2.05) is 33.2 Å². The van der Waals surface area contributed by atoms with Crippen molar-refractivity contribution in [2.24, 2.45) is 7.05 Å². The van der Waals surface area contributed by atoms with Crippen molar-refractivity contribution >= 4 is 28.8 Å². The first kappa shape index (κ1) is 15.0. The van der Waals surface area contributed by atoms with Gasteiger partial charge < -0.3 is 16.0 Å². The first-order valence-corrected chi connectivity index (χ1v) is 7.33. The van der Waals surface area contributed by atoms with Gasteiger partial charge in [0.15, 0.2) is 5.65 Å². The summed E-state index contributed by atoms with van der Waals surface area (Å²) in [4.78, 5) is 8.69. The molecule has 0 aliphatic heterocycles.